The summed E-state index contributed by atoms with van der Waals surface area (Å²) in [5, 5.41) is 8.73. The Morgan fingerprint density at radius 3 is 2.33 bits per heavy atom. The quantitative estimate of drug-likeness (QED) is 0.865. The smallest absolute Gasteiger partial charge is 0.335 e. The molecule has 0 heterocycles. The molecule has 21 heavy (non-hydrogen) atoms. The first kappa shape index (κ1) is 16.0. The van der Waals surface area contributed by atoms with Crippen LogP contribution >= 0.6 is 0 Å². The zero-order valence-electron chi connectivity index (χ0n) is 12.3. The highest BCUT2D eigenvalue weighted by atomic mass is 32.2. The van der Waals surface area contributed by atoms with Gasteiger partial charge in [-0.1, -0.05) is 38.7 Å². The lowest BCUT2D eigenvalue weighted by Gasteiger charge is -2.18. The van der Waals surface area contributed by atoms with Crippen molar-refractivity contribution in [1.82, 2.24) is 0 Å². The van der Waals surface area contributed by atoms with Crippen LogP contribution in [0.25, 0.3) is 0 Å². The number of aromatic carboxylic acids is 1. The molecule has 0 spiro atoms. The van der Waals surface area contributed by atoms with Crippen molar-refractivity contribution in [3.8, 4) is 0 Å². The first-order valence-electron chi connectivity index (χ1n) is 7.57. The lowest BCUT2D eigenvalue weighted by atomic mass is 10.1. The normalized spacial score (nSPS) is 17.4. The van der Waals surface area contributed by atoms with Crippen molar-refractivity contribution in [2.45, 2.75) is 62.0 Å². The monoisotopic (exact) mass is 310 g/mol. The van der Waals surface area contributed by atoms with E-state index in [1.807, 2.05) is 6.92 Å². The minimum absolute atomic E-state index is 0.0411. The number of aryl methyl sites for hydroxylation is 1. The predicted octanol–water partition coefficient (Wildman–Crippen LogP) is 3.44. The standard InChI is InChI=1S/C16H22O4S/c1-2-12-9-10-13(16(17)18)11-15(12)21(19,20)14-7-5-3-4-6-8-14/h9-11,14H,2-8H2,1H3,(H,17,18). The predicted molar refractivity (Wildman–Crippen MR) is 81.5 cm³/mol. The minimum Gasteiger partial charge on any atom is -0.478 e. The molecule has 1 aliphatic carbocycles. The highest BCUT2D eigenvalue weighted by molar-refractivity contribution is 7.92. The fraction of sp³-hybridized carbons (Fsp3) is 0.562. The van der Waals surface area contributed by atoms with Gasteiger partial charge < -0.3 is 5.11 Å². The lowest BCUT2D eigenvalue weighted by molar-refractivity contribution is 0.0696. The molecule has 2 rings (SSSR count). The summed E-state index contributed by atoms with van der Waals surface area (Å²) >= 11 is 0. The second-order valence-electron chi connectivity index (χ2n) is 5.64. The summed E-state index contributed by atoms with van der Waals surface area (Å²) in [6.07, 6.45) is 5.99. The van der Waals surface area contributed by atoms with Crippen molar-refractivity contribution in [2.24, 2.45) is 0 Å². The molecule has 0 bridgehead atoms. The van der Waals surface area contributed by atoms with Gasteiger partial charge in [-0.3, -0.25) is 0 Å². The molecule has 0 atom stereocenters. The van der Waals surface area contributed by atoms with Gasteiger partial charge in [-0.05, 0) is 37.0 Å². The van der Waals surface area contributed by atoms with Crippen LogP contribution in [-0.2, 0) is 16.3 Å². The van der Waals surface area contributed by atoms with Crippen molar-refractivity contribution in [3.05, 3.63) is 29.3 Å². The highest BCUT2D eigenvalue weighted by Crippen LogP contribution is 2.30. The van der Waals surface area contributed by atoms with Gasteiger partial charge in [-0.2, -0.15) is 0 Å². The third-order valence-electron chi connectivity index (χ3n) is 4.24. The van der Waals surface area contributed by atoms with E-state index in [0.29, 0.717) is 24.8 Å². The summed E-state index contributed by atoms with van der Waals surface area (Å²) in [5.74, 6) is -1.09. The van der Waals surface area contributed by atoms with Gasteiger partial charge in [-0.25, -0.2) is 13.2 Å². The molecular weight excluding hydrogens is 288 g/mol. The number of carbonyl (C=O) groups is 1. The number of hydrogen-bond donors (Lipinski definition) is 1. The molecule has 1 aromatic carbocycles. The van der Waals surface area contributed by atoms with E-state index in [9.17, 15) is 13.2 Å². The van der Waals surface area contributed by atoms with E-state index >= 15 is 0 Å². The molecule has 1 fully saturated rings. The molecule has 0 saturated heterocycles. The average molecular weight is 310 g/mol. The molecule has 1 saturated carbocycles. The van der Waals surface area contributed by atoms with E-state index in [1.54, 1.807) is 6.07 Å². The molecule has 0 aliphatic heterocycles. The SMILES string of the molecule is CCc1ccc(C(=O)O)cc1S(=O)(=O)C1CCCCCC1. The third-order valence-corrected chi connectivity index (χ3v) is 6.58. The fourth-order valence-corrected chi connectivity index (χ4v) is 5.16. The van der Waals surface area contributed by atoms with E-state index in [0.717, 1.165) is 25.7 Å². The highest BCUT2D eigenvalue weighted by Gasteiger charge is 2.30. The van der Waals surface area contributed by atoms with Crippen molar-refractivity contribution < 1.29 is 18.3 Å². The van der Waals surface area contributed by atoms with Gasteiger partial charge in [0.2, 0.25) is 0 Å². The van der Waals surface area contributed by atoms with Crippen LogP contribution in [0.2, 0.25) is 0 Å². The van der Waals surface area contributed by atoms with Crippen LogP contribution in [0.1, 0.15) is 61.4 Å². The summed E-state index contributed by atoms with van der Waals surface area (Å²) < 4.78 is 25.8. The van der Waals surface area contributed by atoms with Gasteiger partial charge in [0, 0.05) is 0 Å². The number of benzene rings is 1. The first-order chi connectivity index (χ1) is 9.96. The molecule has 4 nitrogen and oxygen atoms in total. The zero-order chi connectivity index (χ0) is 15.5. The van der Waals surface area contributed by atoms with Crippen LogP contribution in [0.5, 0.6) is 0 Å². The Bertz CT molecular complexity index is 611. The minimum atomic E-state index is -3.45. The van der Waals surface area contributed by atoms with Crippen LogP contribution in [0.4, 0.5) is 0 Å². The van der Waals surface area contributed by atoms with Crippen LogP contribution in [-0.4, -0.2) is 24.7 Å². The third kappa shape index (κ3) is 3.46. The Kier molecular flexibility index (Phi) is 5.04. The summed E-state index contributed by atoms with van der Waals surface area (Å²) in [6.45, 7) is 1.89. The first-order valence-corrected chi connectivity index (χ1v) is 9.11. The van der Waals surface area contributed by atoms with E-state index in [4.69, 9.17) is 5.11 Å². The average Bonchev–Trinajstić information content (AvgIpc) is 2.76. The molecule has 1 N–H and O–H groups in total. The number of rotatable bonds is 4. The van der Waals surface area contributed by atoms with Crippen LogP contribution in [0.3, 0.4) is 0 Å². The Morgan fingerprint density at radius 1 is 1.19 bits per heavy atom. The Hall–Kier alpha value is -1.36. The van der Waals surface area contributed by atoms with Crippen molar-refractivity contribution in [3.63, 3.8) is 0 Å². The summed E-state index contributed by atoms with van der Waals surface area (Å²) in [6, 6.07) is 4.45. The summed E-state index contributed by atoms with van der Waals surface area (Å²) in [7, 11) is -3.45. The second kappa shape index (κ2) is 6.60. The van der Waals surface area contributed by atoms with Gasteiger partial charge in [0.25, 0.3) is 0 Å². The van der Waals surface area contributed by atoms with E-state index in [1.165, 1.54) is 12.1 Å². The van der Waals surface area contributed by atoms with Gasteiger partial charge in [0.15, 0.2) is 9.84 Å². The van der Waals surface area contributed by atoms with Crippen LogP contribution in [0, 0.1) is 0 Å². The van der Waals surface area contributed by atoms with E-state index in [2.05, 4.69) is 0 Å². The number of carboxylic acid groups (broad SMARTS) is 1. The Labute approximate surface area is 126 Å². The summed E-state index contributed by atoms with van der Waals surface area (Å²) in [4.78, 5) is 11.3. The maximum absolute atomic E-state index is 12.9. The maximum Gasteiger partial charge on any atom is 0.335 e. The maximum atomic E-state index is 12.9. The van der Waals surface area contributed by atoms with Gasteiger partial charge >= 0.3 is 5.97 Å². The fourth-order valence-electron chi connectivity index (χ4n) is 2.98. The number of hydrogen-bond acceptors (Lipinski definition) is 3. The van der Waals surface area contributed by atoms with E-state index < -0.39 is 15.8 Å². The molecule has 0 unspecified atom stereocenters. The lowest BCUT2D eigenvalue weighted by Crippen LogP contribution is -2.22. The molecule has 116 valence electrons. The molecule has 1 aliphatic rings. The molecule has 0 amide bonds. The second-order valence-corrected chi connectivity index (χ2v) is 7.84. The van der Waals surface area contributed by atoms with Gasteiger partial charge in [0.1, 0.15) is 0 Å². The van der Waals surface area contributed by atoms with Gasteiger partial charge in [-0.15, -0.1) is 0 Å². The molecule has 1 aromatic rings. The molecule has 0 aromatic heterocycles. The molecule has 5 heteroatoms. The van der Waals surface area contributed by atoms with Crippen molar-refractivity contribution in [2.75, 3.05) is 0 Å². The Balaban J connectivity index is 2.46. The number of sulfone groups is 1. The molecular formula is C16H22O4S. The Morgan fingerprint density at radius 2 is 1.81 bits per heavy atom. The van der Waals surface area contributed by atoms with Crippen LogP contribution < -0.4 is 0 Å². The number of carboxylic acids is 1. The topological polar surface area (TPSA) is 71.4 Å². The zero-order valence-corrected chi connectivity index (χ0v) is 13.2. The molecule has 0 radical (unpaired) electrons. The van der Waals surface area contributed by atoms with Crippen LogP contribution in [0.15, 0.2) is 23.1 Å². The van der Waals surface area contributed by atoms with Crippen molar-refractivity contribution in [1.29, 1.82) is 0 Å². The summed E-state index contributed by atoms with van der Waals surface area (Å²) in [5.41, 5.74) is 0.753. The van der Waals surface area contributed by atoms with E-state index in [-0.39, 0.29) is 15.7 Å². The van der Waals surface area contributed by atoms with Gasteiger partial charge in [0.05, 0.1) is 15.7 Å². The largest absolute Gasteiger partial charge is 0.478 e. The van der Waals surface area contributed by atoms with Crippen molar-refractivity contribution >= 4 is 15.8 Å².